The van der Waals surface area contributed by atoms with Gasteiger partial charge in [-0.15, -0.1) is 0 Å². The van der Waals surface area contributed by atoms with Crippen LogP contribution in [-0.2, 0) is 4.74 Å². The summed E-state index contributed by atoms with van der Waals surface area (Å²) in [5, 5.41) is 9.06. The lowest BCUT2D eigenvalue weighted by atomic mass is 10.3. The normalized spacial score (nSPS) is 10.3. The van der Waals surface area contributed by atoms with Crippen molar-refractivity contribution in [2.24, 2.45) is 0 Å². The number of pyridine rings is 2. The van der Waals surface area contributed by atoms with Crippen molar-refractivity contribution in [3.05, 3.63) is 50.9 Å². The van der Waals surface area contributed by atoms with Crippen molar-refractivity contribution in [2.45, 2.75) is 0 Å². The quantitative estimate of drug-likeness (QED) is 0.458. The molecular weight excluding hydrogens is 383 g/mol. The van der Waals surface area contributed by atoms with Crippen molar-refractivity contribution in [1.82, 2.24) is 9.97 Å². The molecule has 2 heterocycles. The number of halogens is 3. The Bertz CT molecular complexity index is 785. The van der Waals surface area contributed by atoms with Crippen LogP contribution < -0.4 is 4.74 Å². The molecule has 0 saturated carbocycles. The van der Waals surface area contributed by atoms with Gasteiger partial charge < -0.3 is 14.6 Å². The van der Waals surface area contributed by atoms with E-state index in [0.717, 1.165) is 6.20 Å². The smallest absolute Gasteiger partial charge is 0.339 e. The maximum atomic E-state index is 11.8. The molecule has 0 radical (unpaired) electrons. The Balaban J connectivity index is 1.85. The monoisotopic (exact) mass is 390 g/mol. The average molecular weight is 392 g/mol. The molecule has 0 bridgehead atoms. The Morgan fingerprint density at radius 3 is 2.29 bits per heavy atom. The molecule has 7 nitrogen and oxygen atoms in total. The number of aromatic nitrogens is 2. The summed E-state index contributed by atoms with van der Waals surface area (Å²) in [4.78, 5) is 30.1. The molecule has 2 rings (SSSR count). The van der Waals surface area contributed by atoms with Gasteiger partial charge in [0.1, 0.15) is 23.4 Å². The van der Waals surface area contributed by atoms with Gasteiger partial charge in [0.05, 0.1) is 16.1 Å². The molecule has 0 spiro atoms. The van der Waals surface area contributed by atoms with Gasteiger partial charge >= 0.3 is 11.9 Å². The predicted molar refractivity (Wildman–Crippen MR) is 86.2 cm³/mol. The van der Waals surface area contributed by atoms with Crippen LogP contribution in [0.2, 0.25) is 15.2 Å². The van der Waals surface area contributed by atoms with E-state index in [9.17, 15) is 9.59 Å². The third-order valence-corrected chi connectivity index (χ3v) is 3.60. The van der Waals surface area contributed by atoms with Crippen molar-refractivity contribution >= 4 is 46.7 Å². The van der Waals surface area contributed by atoms with E-state index in [2.05, 4.69) is 9.97 Å². The molecule has 0 saturated heterocycles. The third kappa shape index (κ3) is 4.70. The number of hydrogen-bond donors (Lipinski definition) is 1. The summed E-state index contributed by atoms with van der Waals surface area (Å²) in [6.07, 6.45) is 2.34. The number of rotatable bonds is 6. The molecule has 2 aromatic heterocycles. The molecule has 0 atom stereocenters. The first kappa shape index (κ1) is 18.3. The maximum absolute atomic E-state index is 11.8. The SMILES string of the molecule is O=C(O)c1cnc(OCCOC(=O)c2cnc(Cl)c(Cl)c2)c(Cl)c1. The summed E-state index contributed by atoms with van der Waals surface area (Å²) in [5.41, 5.74) is 0.0808. The zero-order chi connectivity index (χ0) is 17.7. The van der Waals surface area contributed by atoms with Crippen molar-refractivity contribution in [3.63, 3.8) is 0 Å². The fourth-order valence-electron chi connectivity index (χ4n) is 1.54. The van der Waals surface area contributed by atoms with Crippen molar-refractivity contribution < 1.29 is 24.2 Å². The topological polar surface area (TPSA) is 98.6 Å². The Morgan fingerprint density at radius 1 is 1.00 bits per heavy atom. The predicted octanol–water partition coefficient (Wildman–Crippen LogP) is 3.37. The number of aromatic carboxylic acids is 1. The molecule has 10 heteroatoms. The van der Waals surface area contributed by atoms with Crippen LogP contribution in [0.4, 0.5) is 0 Å². The lowest BCUT2D eigenvalue weighted by molar-refractivity contribution is 0.0446. The van der Waals surface area contributed by atoms with Crippen LogP contribution in [0.1, 0.15) is 20.7 Å². The molecular formula is C14H9Cl3N2O5. The summed E-state index contributed by atoms with van der Waals surface area (Å²) < 4.78 is 10.2. The van der Waals surface area contributed by atoms with Gasteiger partial charge in [-0.3, -0.25) is 0 Å². The third-order valence-electron chi connectivity index (χ3n) is 2.64. The highest BCUT2D eigenvalue weighted by atomic mass is 35.5. The summed E-state index contributed by atoms with van der Waals surface area (Å²) in [7, 11) is 0. The molecule has 2 aromatic rings. The van der Waals surface area contributed by atoms with Gasteiger partial charge in [0, 0.05) is 12.4 Å². The lowest BCUT2D eigenvalue weighted by Crippen LogP contribution is -2.13. The van der Waals surface area contributed by atoms with Gasteiger partial charge in [0.25, 0.3) is 0 Å². The number of esters is 1. The number of carboxylic acids is 1. The zero-order valence-corrected chi connectivity index (χ0v) is 14.1. The van der Waals surface area contributed by atoms with Crippen LogP contribution in [-0.4, -0.2) is 40.2 Å². The van der Waals surface area contributed by atoms with Crippen LogP contribution in [0, 0.1) is 0 Å². The molecule has 126 valence electrons. The fourth-order valence-corrected chi connectivity index (χ4v) is 2.03. The van der Waals surface area contributed by atoms with Gasteiger partial charge in [-0.25, -0.2) is 19.6 Å². The average Bonchev–Trinajstić information content (AvgIpc) is 2.54. The molecule has 0 aliphatic heterocycles. The lowest BCUT2D eigenvalue weighted by Gasteiger charge is -2.08. The first-order chi connectivity index (χ1) is 11.4. The summed E-state index contributed by atoms with van der Waals surface area (Å²) >= 11 is 17.3. The van der Waals surface area contributed by atoms with Crippen molar-refractivity contribution in [3.8, 4) is 5.88 Å². The fraction of sp³-hybridized carbons (Fsp3) is 0.143. The number of carbonyl (C=O) groups excluding carboxylic acids is 1. The summed E-state index contributed by atoms with van der Waals surface area (Å²) in [6.45, 7) is -0.114. The highest BCUT2D eigenvalue weighted by Crippen LogP contribution is 2.22. The summed E-state index contributed by atoms with van der Waals surface area (Å²) in [6, 6.07) is 2.54. The van der Waals surface area contributed by atoms with E-state index in [1.165, 1.54) is 18.3 Å². The van der Waals surface area contributed by atoms with Crippen LogP contribution in [0.5, 0.6) is 5.88 Å². The molecule has 24 heavy (non-hydrogen) atoms. The van der Waals surface area contributed by atoms with E-state index in [1.54, 1.807) is 0 Å². The maximum Gasteiger partial charge on any atom is 0.339 e. The Morgan fingerprint density at radius 2 is 1.67 bits per heavy atom. The minimum atomic E-state index is -1.15. The standard InChI is InChI=1S/C14H9Cl3N2O5/c15-9-4-8(6-18-11(9)17)14(22)24-2-1-23-12-10(16)3-7(5-19-12)13(20)21/h3-6H,1-2H2,(H,20,21). The minimum Gasteiger partial charge on any atom is -0.478 e. The Kier molecular flexibility index (Phi) is 6.19. The molecule has 1 N–H and O–H groups in total. The Hall–Kier alpha value is -2.09. The van der Waals surface area contributed by atoms with Gasteiger partial charge in [-0.05, 0) is 12.1 Å². The van der Waals surface area contributed by atoms with E-state index in [-0.39, 0.29) is 45.4 Å². The second-order valence-electron chi connectivity index (χ2n) is 4.30. The highest BCUT2D eigenvalue weighted by molar-refractivity contribution is 6.41. The molecule has 0 amide bonds. The van der Waals surface area contributed by atoms with E-state index >= 15 is 0 Å². The van der Waals surface area contributed by atoms with Crippen molar-refractivity contribution in [1.29, 1.82) is 0 Å². The molecule has 0 aliphatic carbocycles. The number of ether oxygens (including phenoxy) is 2. The number of carbonyl (C=O) groups is 2. The van der Waals surface area contributed by atoms with Crippen LogP contribution in [0.3, 0.4) is 0 Å². The van der Waals surface area contributed by atoms with Gasteiger partial charge in [-0.2, -0.15) is 0 Å². The van der Waals surface area contributed by atoms with Crippen LogP contribution in [0.15, 0.2) is 24.5 Å². The van der Waals surface area contributed by atoms with E-state index < -0.39 is 11.9 Å². The van der Waals surface area contributed by atoms with Crippen LogP contribution >= 0.6 is 34.8 Å². The van der Waals surface area contributed by atoms with Gasteiger partial charge in [0.2, 0.25) is 5.88 Å². The number of nitrogens with zero attached hydrogens (tertiary/aromatic N) is 2. The minimum absolute atomic E-state index is 0.0281. The first-order valence-corrected chi connectivity index (χ1v) is 7.51. The number of carboxylic acid groups (broad SMARTS) is 1. The second kappa shape index (κ2) is 8.14. The van der Waals surface area contributed by atoms with Gasteiger partial charge in [0.15, 0.2) is 0 Å². The van der Waals surface area contributed by atoms with Crippen molar-refractivity contribution in [2.75, 3.05) is 13.2 Å². The first-order valence-electron chi connectivity index (χ1n) is 6.38. The molecule has 0 aromatic carbocycles. The Labute approximate surface area is 151 Å². The van der Waals surface area contributed by atoms with E-state index in [0.29, 0.717) is 0 Å². The molecule has 0 aliphatic rings. The molecule has 0 fully saturated rings. The second-order valence-corrected chi connectivity index (χ2v) is 5.47. The summed E-state index contributed by atoms with van der Waals surface area (Å²) in [5.74, 6) is -1.76. The molecule has 0 unspecified atom stereocenters. The zero-order valence-electron chi connectivity index (χ0n) is 11.8. The van der Waals surface area contributed by atoms with Gasteiger partial charge in [-0.1, -0.05) is 34.8 Å². The van der Waals surface area contributed by atoms with Crippen LogP contribution in [0.25, 0.3) is 0 Å². The largest absolute Gasteiger partial charge is 0.478 e. The highest BCUT2D eigenvalue weighted by Gasteiger charge is 2.12. The number of hydrogen-bond acceptors (Lipinski definition) is 6. The van der Waals surface area contributed by atoms with E-state index in [1.807, 2.05) is 0 Å². The van der Waals surface area contributed by atoms with E-state index in [4.69, 9.17) is 49.4 Å².